The fourth-order valence-corrected chi connectivity index (χ4v) is 0.801. The van der Waals surface area contributed by atoms with E-state index < -0.39 is 0 Å². The van der Waals surface area contributed by atoms with Crippen LogP contribution in [0.1, 0.15) is 0 Å². The van der Waals surface area contributed by atoms with Gasteiger partial charge in [0.05, 0.1) is 0 Å². The molecular formula is C6H12N2S. The van der Waals surface area contributed by atoms with Gasteiger partial charge in [-0.15, -0.1) is 6.58 Å². The Morgan fingerprint density at radius 2 is 2.33 bits per heavy atom. The van der Waals surface area contributed by atoms with Crippen molar-refractivity contribution >= 4 is 16.9 Å². The molecule has 0 amide bonds. The number of rotatable bonds is 2. The third-order valence-electron chi connectivity index (χ3n) is 0.744. The molecule has 0 radical (unpaired) electrons. The van der Waals surface area contributed by atoms with Crippen LogP contribution in [0.5, 0.6) is 0 Å². The largest absolute Gasteiger partial charge is 0.358 e. The molecule has 2 nitrogen and oxygen atoms in total. The van der Waals surface area contributed by atoms with Gasteiger partial charge in [0, 0.05) is 19.8 Å². The molecule has 3 heteroatoms. The molecule has 0 heterocycles. The van der Waals surface area contributed by atoms with E-state index in [0.29, 0.717) is 5.17 Å². The standard InChI is InChI=1S/C6H12N2S/c1-4-5-9-6(7)8(2)3/h4,7H,1,5H2,2-3H3. The third kappa shape index (κ3) is 4.09. The summed E-state index contributed by atoms with van der Waals surface area (Å²) in [6, 6.07) is 0. The average Bonchev–Trinajstić information content (AvgIpc) is 1.82. The van der Waals surface area contributed by atoms with Gasteiger partial charge in [0.2, 0.25) is 0 Å². The van der Waals surface area contributed by atoms with Crippen LogP contribution in [0, 0.1) is 5.41 Å². The fraction of sp³-hybridized carbons (Fsp3) is 0.500. The van der Waals surface area contributed by atoms with E-state index in [1.54, 1.807) is 11.0 Å². The molecule has 0 saturated carbocycles. The van der Waals surface area contributed by atoms with Crippen molar-refractivity contribution in [3.05, 3.63) is 12.7 Å². The summed E-state index contributed by atoms with van der Waals surface area (Å²) in [4.78, 5) is 1.77. The summed E-state index contributed by atoms with van der Waals surface area (Å²) in [6.45, 7) is 3.56. The monoisotopic (exact) mass is 144 g/mol. The van der Waals surface area contributed by atoms with Crippen molar-refractivity contribution in [2.45, 2.75) is 0 Å². The van der Waals surface area contributed by atoms with Gasteiger partial charge in [0.15, 0.2) is 5.17 Å². The Labute approximate surface area is 60.4 Å². The molecule has 0 aliphatic heterocycles. The Kier molecular flexibility index (Phi) is 4.22. The number of hydrogen-bond acceptors (Lipinski definition) is 2. The summed E-state index contributed by atoms with van der Waals surface area (Å²) in [5.74, 6) is 0.816. The maximum atomic E-state index is 7.29. The maximum Gasteiger partial charge on any atom is 0.156 e. The van der Waals surface area contributed by atoms with Crippen LogP contribution in [0.15, 0.2) is 12.7 Å². The molecule has 0 saturated heterocycles. The first kappa shape index (κ1) is 8.56. The SMILES string of the molecule is C=CCSC(=N)N(C)C. The molecule has 0 unspecified atom stereocenters. The first-order valence-corrected chi connectivity index (χ1v) is 3.66. The first-order valence-electron chi connectivity index (χ1n) is 2.68. The van der Waals surface area contributed by atoms with Gasteiger partial charge in [-0.1, -0.05) is 17.8 Å². The quantitative estimate of drug-likeness (QED) is 0.360. The first-order chi connectivity index (χ1) is 4.18. The topological polar surface area (TPSA) is 27.1 Å². The summed E-state index contributed by atoms with van der Waals surface area (Å²) < 4.78 is 0. The van der Waals surface area contributed by atoms with Crippen LogP contribution < -0.4 is 0 Å². The van der Waals surface area contributed by atoms with Gasteiger partial charge in [-0.05, 0) is 0 Å². The molecule has 0 aromatic carbocycles. The Bertz CT molecular complexity index is 110. The van der Waals surface area contributed by atoms with Crippen molar-refractivity contribution in [3.8, 4) is 0 Å². The summed E-state index contributed by atoms with van der Waals surface area (Å²) >= 11 is 1.48. The molecule has 1 N–H and O–H groups in total. The fourth-order valence-electron chi connectivity index (χ4n) is 0.267. The second-order valence-corrected chi connectivity index (χ2v) is 2.81. The molecule has 0 atom stereocenters. The lowest BCUT2D eigenvalue weighted by Crippen LogP contribution is -2.17. The highest BCUT2D eigenvalue weighted by atomic mass is 32.2. The van der Waals surface area contributed by atoms with Crippen LogP contribution in [-0.2, 0) is 0 Å². The lowest BCUT2D eigenvalue weighted by Gasteiger charge is -2.10. The molecule has 0 fully saturated rings. The predicted molar refractivity (Wildman–Crippen MR) is 44.1 cm³/mol. The highest BCUT2D eigenvalue weighted by Gasteiger charge is 1.95. The molecular weight excluding hydrogens is 132 g/mol. The van der Waals surface area contributed by atoms with E-state index in [-0.39, 0.29) is 0 Å². The Morgan fingerprint density at radius 1 is 1.78 bits per heavy atom. The zero-order valence-electron chi connectivity index (χ0n) is 5.85. The minimum Gasteiger partial charge on any atom is -0.358 e. The lowest BCUT2D eigenvalue weighted by atomic mass is 10.8. The van der Waals surface area contributed by atoms with Crippen molar-refractivity contribution < 1.29 is 0 Å². The summed E-state index contributed by atoms with van der Waals surface area (Å²) in [7, 11) is 3.72. The van der Waals surface area contributed by atoms with Crippen LogP contribution >= 0.6 is 11.8 Å². The van der Waals surface area contributed by atoms with Crippen molar-refractivity contribution in [1.29, 1.82) is 5.41 Å². The van der Waals surface area contributed by atoms with Crippen LogP contribution in [0.3, 0.4) is 0 Å². The van der Waals surface area contributed by atoms with E-state index in [0.717, 1.165) is 5.75 Å². The molecule has 0 rings (SSSR count). The van der Waals surface area contributed by atoms with E-state index in [9.17, 15) is 0 Å². The van der Waals surface area contributed by atoms with Crippen molar-refractivity contribution in [2.24, 2.45) is 0 Å². The highest BCUT2D eigenvalue weighted by molar-refractivity contribution is 8.13. The minimum atomic E-state index is 0.579. The number of nitrogens with one attached hydrogen (secondary N) is 1. The summed E-state index contributed by atoms with van der Waals surface area (Å²) in [6.07, 6.45) is 1.79. The van der Waals surface area contributed by atoms with E-state index in [2.05, 4.69) is 6.58 Å². The van der Waals surface area contributed by atoms with Crippen LogP contribution in [0.25, 0.3) is 0 Å². The zero-order valence-corrected chi connectivity index (χ0v) is 6.66. The van der Waals surface area contributed by atoms with Crippen molar-refractivity contribution in [2.75, 3.05) is 19.8 Å². The van der Waals surface area contributed by atoms with Gasteiger partial charge in [-0.2, -0.15) is 0 Å². The van der Waals surface area contributed by atoms with Gasteiger partial charge in [0.1, 0.15) is 0 Å². The molecule has 0 aliphatic carbocycles. The van der Waals surface area contributed by atoms with E-state index in [1.807, 2.05) is 14.1 Å². The molecule has 0 bridgehead atoms. The van der Waals surface area contributed by atoms with Crippen molar-refractivity contribution in [1.82, 2.24) is 4.90 Å². The number of amidine groups is 1. The predicted octanol–water partition coefficient (Wildman–Crippen LogP) is 1.40. The molecule has 0 aliphatic rings. The molecule has 0 aromatic heterocycles. The number of hydrogen-bond donors (Lipinski definition) is 1. The van der Waals surface area contributed by atoms with Crippen LogP contribution in [0.2, 0.25) is 0 Å². The van der Waals surface area contributed by atoms with Gasteiger partial charge < -0.3 is 4.90 Å². The highest BCUT2D eigenvalue weighted by Crippen LogP contribution is 2.02. The summed E-state index contributed by atoms with van der Waals surface area (Å²) in [5, 5.41) is 7.87. The van der Waals surface area contributed by atoms with Crippen molar-refractivity contribution in [3.63, 3.8) is 0 Å². The van der Waals surface area contributed by atoms with Gasteiger partial charge >= 0.3 is 0 Å². The van der Waals surface area contributed by atoms with Crippen LogP contribution in [0.4, 0.5) is 0 Å². The summed E-state index contributed by atoms with van der Waals surface area (Å²) in [5.41, 5.74) is 0. The molecule has 9 heavy (non-hydrogen) atoms. The molecule has 52 valence electrons. The Morgan fingerprint density at radius 3 is 2.67 bits per heavy atom. The average molecular weight is 144 g/mol. The number of thioether (sulfide) groups is 1. The Hall–Kier alpha value is -0.440. The normalized spacial score (nSPS) is 8.67. The smallest absolute Gasteiger partial charge is 0.156 e. The van der Waals surface area contributed by atoms with Crippen LogP contribution in [-0.4, -0.2) is 29.9 Å². The lowest BCUT2D eigenvalue weighted by molar-refractivity contribution is 0.632. The molecule has 0 aromatic rings. The second-order valence-electron chi connectivity index (χ2n) is 1.80. The second kappa shape index (κ2) is 4.44. The zero-order chi connectivity index (χ0) is 7.28. The van der Waals surface area contributed by atoms with E-state index >= 15 is 0 Å². The van der Waals surface area contributed by atoms with E-state index in [4.69, 9.17) is 5.41 Å². The third-order valence-corrected chi connectivity index (χ3v) is 1.79. The molecule has 0 spiro atoms. The Balaban J connectivity index is 3.38. The van der Waals surface area contributed by atoms with Gasteiger partial charge in [-0.25, -0.2) is 0 Å². The number of nitrogens with zero attached hydrogens (tertiary/aromatic N) is 1. The minimum absolute atomic E-state index is 0.579. The maximum absolute atomic E-state index is 7.29. The van der Waals surface area contributed by atoms with E-state index in [1.165, 1.54) is 11.8 Å². The van der Waals surface area contributed by atoms with Gasteiger partial charge in [-0.3, -0.25) is 5.41 Å². The van der Waals surface area contributed by atoms with Gasteiger partial charge in [0.25, 0.3) is 0 Å².